The van der Waals surface area contributed by atoms with E-state index in [2.05, 4.69) is 10.1 Å². The SMILES string of the molecule is Cn1nc(C2CCCCCC2)nc1N. The van der Waals surface area contributed by atoms with Crippen LogP contribution in [0.2, 0.25) is 0 Å². The van der Waals surface area contributed by atoms with Crippen LogP contribution < -0.4 is 5.73 Å². The van der Waals surface area contributed by atoms with Crippen LogP contribution in [0.15, 0.2) is 0 Å². The Kier molecular flexibility index (Phi) is 2.70. The van der Waals surface area contributed by atoms with Gasteiger partial charge in [0.25, 0.3) is 0 Å². The lowest BCUT2D eigenvalue weighted by molar-refractivity contribution is 0.555. The minimum absolute atomic E-state index is 0.532. The molecule has 0 radical (unpaired) electrons. The molecule has 1 aromatic rings. The molecule has 0 aliphatic heterocycles. The Morgan fingerprint density at radius 1 is 1.21 bits per heavy atom. The fourth-order valence-electron chi connectivity index (χ4n) is 2.13. The van der Waals surface area contributed by atoms with Crippen molar-refractivity contribution in [1.82, 2.24) is 14.8 Å². The zero-order valence-corrected chi connectivity index (χ0v) is 8.74. The quantitative estimate of drug-likeness (QED) is 0.694. The van der Waals surface area contributed by atoms with Gasteiger partial charge in [0, 0.05) is 13.0 Å². The summed E-state index contributed by atoms with van der Waals surface area (Å²) in [5, 5.41) is 4.36. The molecule has 0 amide bonds. The number of aromatic nitrogens is 3. The molecule has 14 heavy (non-hydrogen) atoms. The Morgan fingerprint density at radius 3 is 2.36 bits per heavy atom. The van der Waals surface area contributed by atoms with Crippen LogP contribution >= 0.6 is 0 Å². The van der Waals surface area contributed by atoms with Crippen molar-refractivity contribution in [2.75, 3.05) is 5.73 Å². The minimum atomic E-state index is 0.532. The Hall–Kier alpha value is -1.06. The number of hydrogen-bond acceptors (Lipinski definition) is 3. The number of nitrogens with two attached hydrogens (primary N) is 1. The fraction of sp³-hybridized carbons (Fsp3) is 0.800. The zero-order chi connectivity index (χ0) is 9.97. The van der Waals surface area contributed by atoms with E-state index in [4.69, 9.17) is 5.73 Å². The molecule has 1 fully saturated rings. The number of rotatable bonds is 1. The smallest absolute Gasteiger partial charge is 0.218 e. The van der Waals surface area contributed by atoms with E-state index in [0.29, 0.717) is 11.9 Å². The van der Waals surface area contributed by atoms with Crippen LogP contribution in [0.4, 0.5) is 5.95 Å². The van der Waals surface area contributed by atoms with Crippen molar-refractivity contribution >= 4 is 5.95 Å². The van der Waals surface area contributed by atoms with E-state index >= 15 is 0 Å². The zero-order valence-electron chi connectivity index (χ0n) is 8.74. The number of nitrogens with zero attached hydrogens (tertiary/aromatic N) is 3. The van der Waals surface area contributed by atoms with Crippen LogP contribution in [0.25, 0.3) is 0 Å². The largest absolute Gasteiger partial charge is 0.368 e. The summed E-state index contributed by atoms with van der Waals surface area (Å²) in [4.78, 5) is 4.31. The van der Waals surface area contributed by atoms with E-state index in [1.54, 1.807) is 4.68 Å². The average molecular weight is 194 g/mol. The van der Waals surface area contributed by atoms with Crippen LogP contribution in [0.3, 0.4) is 0 Å². The summed E-state index contributed by atoms with van der Waals surface area (Å²) >= 11 is 0. The first-order valence-corrected chi connectivity index (χ1v) is 5.44. The second-order valence-electron chi connectivity index (χ2n) is 4.14. The maximum Gasteiger partial charge on any atom is 0.218 e. The molecule has 1 saturated carbocycles. The normalized spacial score (nSPS) is 19.5. The predicted molar refractivity (Wildman–Crippen MR) is 55.9 cm³/mol. The summed E-state index contributed by atoms with van der Waals surface area (Å²) in [7, 11) is 1.85. The summed E-state index contributed by atoms with van der Waals surface area (Å²) < 4.78 is 1.67. The molecule has 2 N–H and O–H groups in total. The molecule has 78 valence electrons. The third kappa shape index (κ3) is 1.89. The molecular weight excluding hydrogens is 176 g/mol. The molecular formula is C10H18N4. The Labute approximate surface area is 84.5 Å². The van der Waals surface area contributed by atoms with Crippen molar-refractivity contribution in [3.05, 3.63) is 5.82 Å². The van der Waals surface area contributed by atoms with Gasteiger partial charge in [-0.15, -0.1) is 0 Å². The van der Waals surface area contributed by atoms with Gasteiger partial charge in [-0.25, -0.2) is 4.68 Å². The van der Waals surface area contributed by atoms with Gasteiger partial charge in [-0.1, -0.05) is 25.7 Å². The van der Waals surface area contributed by atoms with E-state index in [0.717, 1.165) is 5.82 Å². The average Bonchev–Trinajstić information content (AvgIpc) is 2.46. The fourth-order valence-corrected chi connectivity index (χ4v) is 2.13. The minimum Gasteiger partial charge on any atom is -0.368 e. The number of anilines is 1. The highest BCUT2D eigenvalue weighted by molar-refractivity contribution is 5.17. The third-order valence-electron chi connectivity index (χ3n) is 3.03. The van der Waals surface area contributed by atoms with Gasteiger partial charge in [-0.3, -0.25) is 0 Å². The van der Waals surface area contributed by atoms with Gasteiger partial charge in [0.2, 0.25) is 5.95 Å². The molecule has 0 bridgehead atoms. The molecule has 1 aliphatic rings. The lowest BCUT2D eigenvalue weighted by Crippen LogP contribution is -2.01. The van der Waals surface area contributed by atoms with Gasteiger partial charge >= 0.3 is 0 Å². The standard InChI is InChI=1S/C10H18N4/c1-14-10(11)12-9(13-14)8-6-4-2-3-5-7-8/h8H,2-7H2,1H3,(H2,11,12,13). The molecule has 2 rings (SSSR count). The molecule has 0 atom stereocenters. The van der Waals surface area contributed by atoms with E-state index in [-0.39, 0.29) is 0 Å². The second-order valence-corrected chi connectivity index (χ2v) is 4.14. The van der Waals surface area contributed by atoms with Crippen LogP contribution in [0, 0.1) is 0 Å². The van der Waals surface area contributed by atoms with Crippen LogP contribution in [0.1, 0.15) is 50.3 Å². The molecule has 1 aromatic heterocycles. The lowest BCUT2D eigenvalue weighted by Gasteiger charge is -2.08. The second kappa shape index (κ2) is 3.98. The summed E-state index contributed by atoms with van der Waals surface area (Å²) in [5.41, 5.74) is 5.68. The first-order chi connectivity index (χ1) is 6.77. The molecule has 0 spiro atoms. The van der Waals surface area contributed by atoms with Crippen LogP contribution in [-0.2, 0) is 7.05 Å². The Bertz CT molecular complexity index is 278. The topological polar surface area (TPSA) is 56.7 Å². The Morgan fingerprint density at radius 2 is 1.86 bits per heavy atom. The Balaban J connectivity index is 2.12. The van der Waals surface area contributed by atoms with E-state index in [9.17, 15) is 0 Å². The number of hydrogen-bond donors (Lipinski definition) is 1. The van der Waals surface area contributed by atoms with Gasteiger partial charge < -0.3 is 5.73 Å². The van der Waals surface area contributed by atoms with Crippen molar-refractivity contribution in [3.63, 3.8) is 0 Å². The van der Waals surface area contributed by atoms with Crippen molar-refractivity contribution in [2.24, 2.45) is 7.05 Å². The maximum absolute atomic E-state index is 5.68. The van der Waals surface area contributed by atoms with Crippen LogP contribution in [-0.4, -0.2) is 14.8 Å². The number of nitrogen functional groups attached to an aromatic ring is 1. The van der Waals surface area contributed by atoms with Crippen molar-refractivity contribution in [3.8, 4) is 0 Å². The number of aryl methyl sites for hydroxylation is 1. The van der Waals surface area contributed by atoms with Gasteiger partial charge in [0.15, 0.2) is 5.82 Å². The molecule has 4 nitrogen and oxygen atoms in total. The molecule has 0 saturated heterocycles. The van der Waals surface area contributed by atoms with Gasteiger partial charge in [-0.05, 0) is 12.8 Å². The third-order valence-corrected chi connectivity index (χ3v) is 3.03. The van der Waals surface area contributed by atoms with Crippen molar-refractivity contribution in [2.45, 2.75) is 44.4 Å². The summed E-state index contributed by atoms with van der Waals surface area (Å²) in [5.74, 6) is 2.03. The highest BCUT2D eigenvalue weighted by atomic mass is 15.4. The molecule has 4 heteroatoms. The molecule has 0 unspecified atom stereocenters. The van der Waals surface area contributed by atoms with Gasteiger partial charge in [0.1, 0.15) is 0 Å². The van der Waals surface area contributed by atoms with E-state index in [1.165, 1.54) is 38.5 Å². The van der Waals surface area contributed by atoms with E-state index < -0.39 is 0 Å². The van der Waals surface area contributed by atoms with Crippen molar-refractivity contribution in [1.29, 1.82) is 0 Å². The maximum atomic E-state index is 5.68. The highest BCUT2D eigenvalue weighted by Crippen LogP contribution is 2.29. The van der Waals surface area contributed by atoms with Gasteiger partial charge in [0.05, 0.1) is 0 Å². The summed E-state index contributed by atoms with van der Waals surface area (Å²) in [6.45, 7) is 0. The molecule has 1 heterocycles. The lowest BCUT2D eigenvalue weighted by atomic mass is 10.00. The monoisotopic (exact) mass is 194 g/mol. The highest BCUT2D eigenvalue weighted by Gasteiger charge is 2.18. The van der Waals surface area contributed by atoms with Gasteiger partial charge in [-0.2, -0.15) is 10.1 Å². The summed E-state index contributed by atoms with van der Waals surface area (Å²) in [6.07, 6.45) is 7.79. The van der Waals surface area contributed by atoms with Crippen LogP contribution in [0.5, 0.6) is 0 Å². The summed E-state index contributed by atoms with van der Waals surface area (Å²) in [6, 6.07) is 0. The van der Waals surface area contributed by atoms with Crippen molar-refractivity contribution < 1.29 is 0 Å². The first kappa shape index (κ1) is 9.49. The first-order valence-electron chi connectivity index (χ1n) is 5.44. The predicted octanol–water partition coefficient (Wildman–Crippen LogP) is 1.84. The van der Waals surface area contributed by atoms with E-state index in [1.807, 2.05) is 7.05 Å². The molecule has 1 aliphatic carbocycles. The molecule has 0 aromatic carbocycles.